The number of carbonyl (C=O) groups is 1. The Morgan fingerprint density at radius 2 is 1.82 bits per heavy atom. The van der Waals surface area contributed by atoms with Gasteiger partial charge in [0, 0.05) is 6.42 Å². The van der Waals surface area contributed by atoms with Gasteiger partial charge in [-0.2, -0.15) is 0 Å². The minimum atomic E-state index is -1.44. The molecule has 0 fully saturated rings. The van der Waals surface area contributed by atoms with E-state index in [1.807, 2.05) is 24.3 Å². The molecule has 2 aromatic carbocycles. The van der Waals surface area contributed by atoms with E-state index in [0.29, 0.717) is 17.9 Å². The number of rotatable bonds is 7. The number of carboxylic acid groups (broad SMARTS) is 1. The number of methoxy groups -OCH3 is 1. The molecular weight excluding hydrogens is 284 g/mol. The van der Waals surface area contributed by atoms with Crippen molar-refractivity contribution in [2.75, 3.05) is 7.11 Å². The summed E-state index contributed by atoms with van der Waals surface area (Å²) >= 11 is 0. The van der Waals surface area contributed by atoms with Crippen molar-refractivity contribution in [1.82, 2.24) is 0 Å². The van der Waals surface area contributed by atoms with Crippen LogP contribution in [0.4, 0.5) is 0 Å². The summed E-state index contributed by atoms with van der Waals surface area (Å²) in [6.07, 6.45) is -1.43. The zero-order chi connectivity index (χ0) is 15.9. The second-order valence-corrected chi connectivity index (χ2v) is 4.80. The average molecular weight is 302 g/mol. The van der Waals surface area contributed by atoms with Gasteiger partial charge in [-0.1, -0.05) is 30.3 Å². The highest BCUT2D eigenvalue weighted by Crippen LogP contribution is 2.21. The number of ether oxygens (including phenoxy) is 2. The lowest BCUT2D eigenvalue weighted by Gasteiger charge is -2.13. The summed E-state index contributed by atoms with van der Waals surface area (Å²) in [6.45, 7) is 0.351. The van der Waals surface area contributed by atoms with E-state index in [2.05, 4.69) is 0 Å². The first-order valence-electron chi connectivity index (χ1n) is 6.84. The number of hydrogen-bond acceptors (Lipinski definition) is 4. The van der Waals surface area contributed by atoms with Crippen molar-refractivity contribution in [2.45, 2.75) is 19.1 Å². The Hall–Kier alpha value is -2.53. The number of aliphatic carboxylic acids is 1. The van der Waals surface area contributed by atoms with Crippen LogP contribution in [0.5, 0.6) is 11.5 Å². The van der Waals surface area contributed by atoms with Gasteiger partial charge in [0.25, 0.3) is 0 Å². The van der Waals surface area contributed by atoms with Crippen molar-refractivity contribution >= 4 is 5.97 Å². The van der Waals surface area contributed by atoms with Gasteiger partial charge in [0.2, 0.25) is 0 Å². The van der Waals surface area contributed by atoms with Gasteiger partial charge < -0.3 is 19.7 Å². The van der Waals surface area contributed by atoms with Crippen molar-refractivity contribution < 1.29 is 24.5 Å². The van der Waals surface area contributed by atoms with Crippen LogP contribution in [0.2, 0.25) is 0 Å². The molecule has 0 radical (unpaired) electrons. The Morgan fingerprint density at radius 1 is 1.14 bits per heavy atom. The highest BCUT2D eigenvalue weighted by molar-refractivity contribution is 5.72. The molecule has 0 amide bonds. The molecule has 2 N–H and O–H groups in total. The van der Waals surface area contributed by atoms with Gasteiger partial charge >= 0.3 is 5.97 Å². The SMILES string of the molecule is COc1ccc(COc2ccccc2CC(O)C(=O)O)cc1. The molecule has 1 unspecified atom stereocenters. The second-order valence-electron chi connectivity index (χ2n) is 4.80. The Morgan fingerprint density at radius 3 is 2.45 bits per heavy atom. The molecule has 0 aliphatic carbocycles. The van der Waals surface area contributed by atoms with Gasteiger partial charge in [0.05, 0.1) is 7.11 Å². The predicted molar refractivity (Wildman–Crippen MR) is 81.1 cm³/mol. The van der Waals surface area contributed by atoms with E-state index in [-0.39, 0.29) is 6.42 Å². The monoisotopic (exact) mass is 302 g/mol. The van der Waals surface area contributed by atoms with Gasteiger partial charge in [-0.25, -0.2) is 4.79 Å². The van der Waals surface area contributed by atoms with Crippen LogP contribution in [0.15, 0.2) is 48.5 Å². The molecule has 0 aliphatic heterocycles. The van der Waals surface area contributed by atoms with Crippen molar-refractivity contribution in [1.29, 1.82) is 0 Å². The van der Waals surface area contributed by atoms with Crippen LogP contribution < -0.4 is 9.47 Å². The molecule has 0 saturated heterocycles. The van der Waals surface area contributed by atoms with E-state index in [1.54, 1.807) is 31.4 Å². The zero-order valence-corrected chi connectivity index (χ0v) is 12.2. The van der Waals surface area contributed by atoms with Gasteiger partial charge in [-0.3, -0.25) is 0 Å². The summed E-state index contributed by atoms with van der Waals surface area (Å²) in [5, 5.41) is 18.3. The van der Waals surface area contributed by atoms with Crippen LogP contribution in [0.3, 0.4) is 0 Å². The maximum absolute atomic E-state index is 10.8. The Bertz CT molecular complexity index is 621. The molecule has 0 aromatic heterocycles. The van der Waals surface area contributed by atoms with E-state index >= 15 is 0 Å². The summed E-state index contributed by atoms with van der Waals surface area (Å²) < 4.78 is 10.8. The first-order valence-corrected chi connectivity index (χ1v) is 6.84. The maximum Gasteiger partial charge on any atom is 0.332 e. The molecule has 22 heavy (non-hydrogen) atoms. The largest absolute Gasteiger partial charge is 0.497 e. The second kappa shape index (κ2) is 7.47. The Labute approximate surface area is 128 Å². The molecule has 5 heteroatoms. The third-order valence-corrected chi connectivity index (χ3v) is 3.22. The number of carboxylic acids is 1. The first-order chi connectivity index (χ1) is 10.6. The van der Waals surface area contributed by atoms with Crippen molar-refractivity contribution in [2.24, 2.45) is 0 Å². The average Bonchev–Trinajstić information content (AvgIpc) is 2.54. The van der Waals surface area contributed by atoms with Crippen LogP contribution in [0, 0.1) is 0 Å². The number of para-hydroxylation sites is 1. The summed E-state index contributed by atoms with van der Waals surface area (Å²) in [5.41, 5.74) is 1.63. The number of aliphatic hydroxyl groups excluding tert-OH is 1. The summed E-state index contributed by atoms with van der Waals surface area (Å²) in [6, 6.07) is 14.6. The number of benzene rings is 2. The minimum Gasteiger partial charge on any atom is -0.497 e. The van der Waals surface area contributed by atoms with Crippen LogP contribution in [0.25, 0.3) is 0 Å². The zero-order valence-electron chi connectivity index (χ0n) is 12.2. The van der Waals surface area contributed by atoms with Crippen LogP contribution in [-0.2, 0) is 17.8 Å². The third kappa shape index (κ3) is 4.23. The topological polar surface area (TPSA) is 76.0 Å². The normalized spacial score (nSPS) is 11.7. The minimum absolute atomic E-state index is 0.00805. The molecule has 1 atom stereocenters. The predicted octanol–water partition coefficient (Wildman–Crippen LogP) is 2.26. The molecule has 0 bridgehead atoms. The first kappa shape index (κ1) is 15.9. The highest BCUT2D eigenvalue weighted by Gasteiger charge is 2.16. The van der Waals surface area contributed by atoms with E-state index < -0.39 is 12.1 Å². The lowest BCUT2D eigenvalue weighted by atomic mass is 10.1. The quantitative estimate of drug-likeness (QED) is 0.820. The molecule has 0 aliphatic rings. The molecule has 0 spiro atoms. The Kier molecular flexibility index (Phi) is 5.38. The van der Waals surface area contributed by atoms with E-state index in [1.165, 1.54) is 0 Å². The lowest BCUT2D eigenvalue weighted by Crippen LogP contribution is -2.22. The molecule has 2 aromatic rings. The van der Waals surface area contributed by atoms with Crippen LogP contribution in [0.1, 0.15) is 11.1 Å². The van der Waals surface area contributed by atoms with Gasteiger partial charge in [0.1, 0.15) is 18.1 Å². The fourth-order valence-corrected chi connectivity index (χ4v) is 1.99. The van der Waals surface area contributed by atoms with Crippen molar-refractivity contribution in [3.05, 3.63) is 59.7 Å². The van der Waals surface area contributed by atoms with E-state index in [0.717, 1.165) is 11.3 Å². The fourth-order valence-electron chi connectivity index (χ4n) is 1.99. The molecule has 2 rings (SSSR count). The fraction of sp³-hybridized carbons (Fsp3) is 0.235. The standard InChI is InChI=1S/C17H18O5/c1-21-14-8-6-12(7-9-14)11-22-16-5-3-2-4-13(16)10-15(18)17(19)20/h2-9,15,18H,10-11H2,1H3,(H,19,20). The van der Waals surface area contributed by atoms with Crippen LogP contribution in [-0.4, -0.2) is 29.4 Å². The summed E-state index contributed by atoms with van der Waals surface area (Å²) in [7, 11) is 1.61. The molecule has 0 heterocycles. The molecule has 0 saturated carbocycles. The summed E-state index contributed by atoms with van der Waals surface area (Å²) in [4.78, 5) is 10.8. The Balaban J connectivity index is 2.04. The lowest BCUT2D eigenvalue weighted by molar-refractivity contribution is -0.146. The van der Waals surface area contributed by atoms with Gasteiger partial charge in [-0.15, -0.1) is 0 Å². The third-order valence-electron chi connectivity index (χ3n) is 3.22. The van der Waals surface area contributed by atoms with E-state index in [9.17, 15) is 9.90 Å². The smallest absolute Gasteiger partial charge is 0.332 e. The number of hydrogen-bond donors (Lipinski definition) is 2. The van der Waals surface area contributed by atoms with Crippen molar-refractivity contribution in [3.63, 3.8) is 0 Å². The molecule has 5 nitrogen and oxygen atoms in total. The van der Waals surface area contributed by atoms with Crippen molar-refractivity contribution in [3.8, 4) is 11.5 Å². The van der Waals surface area contributed by atoms with Gasteiger partial charge in [-0.05, 0) is 29.3 Å². The number of aliphatic hydroxyl groups is 1. The van der Waals surface area contributed by atoms with Crippen LogP contribution >= 0.6 is 0 Å². The maximum atomic E-state index is 10.8. The molecule has 116 valence electrons. The van der Waals surface area contributed by atoms with E-state index in [4.69, 9.17) is 14.6 Å². The summed E-state index contributed by atoms with van der Waals surface area (Å²) in [5.74, 6) is 0.0947. The van der Waals surface area contributed by atoms with Gasteiger partial charge in [0.15, 0.2) is 6.10 Å². The molecular formula is C17H18O5. The highest BCUT2D eigenvalue weighted by atomic mass is 16.5.